The minimum absolute atomic E-state index is 0.252. The smallest absolute Gasteiger partial charge is 0.323 e. The quantitative estimate of drug-likeness (QED) is 0.543. The maximum absolute atomic E-state index is 12.9. The van der Waals surface area contributed by atoms with Crippen LogP contribution in [0.15, 0.2) is 66.9 Å². The summed E-state index contributed by atoms with van der Waals surface area (Å²) in [5.74, 6) is 0.549. The molecule has 0 spiro atoms. The van der Waals surface area contributed by atoms with Crippen LogP contribution in [0.3, 0.4) is 0 Å². The third-order valence-electron chi connectivity index (χ3n) is 5.06. The average Bonchev–Trinajstić information content (AvgIpc) is 2.78. The molecule has 0 amide bonds. The lowest BCUT2D eigenvalue weighted by Gasteiger charge is -2.19. The highest BCUT2D eigenvalue weighted by Gasteiger charge is 2.21. The minimum atomic E-state index is -0.482. The lowest BCUT2D eigenvalue weighted by atomic mass is 10.1. The van der Waals surface area contributed by atoms with Crippen LogP contribution >= 0.6 is 0 Å². The van der Waals surface area contributed by atoms with Crippen LogP contribution in [0.4, 0.5) is 0 Å². The molecule has 0 unspecified atom stereocenters. The second kappa shape index (κ2) is 10.6. The number of ether oxygens (including phenoxy) is 2. The van der Waals surface area contributed by atoms with Gasteiger partial charge < -0.3 is 9.47 Å². The Hall–Kier alpha value is -3.18. The topological polar surface area (TPSA) is 60.5 Å². The molecule has 156 valence electrons. The first-order valence-electron chi connectivity index (χ1n) is 10.1. The predicted octanol–water partition coefficient (Wildman–Crippen LogP) is 4.15. The van der Waals surface area contributed by atoms with Crippen LogP contribution in [0.1, 0.15) is 27.9 Å². The number of pyridine rings is 1. The van der Waals surface area contributed by atoms with E-state index in [0.29, 0.717) is 13.0 Å². The van der Waals surface area contributed by atoms with Crippen molar-refractivity contribution in [2.45, 2.75) is 39.5 Å². The third kappa shape index (κ3) is 5.67. The first-order valence-corrected chi connectivity index (χ1v) is 10.1. The van der Waals surface area contributed by atoms with Gasteiger partial charge in [0.1, 0.15) is 18.4 Å². The van der Waals surface area contributed by atoms with Crippen molar-refractivity contribution in [2.24, 2.45) is 0 Å². The van der Waals surface area contributed by atoms with Crippen molar-refractivity contribution in [3.8, 4) is 5.75 Å². The molecule has 1 heterocycles. The van der Waals surface area contributed by atoms with Crippen LogP contribution in [0, 0.1) is 13.8 Å². The number of carbonyl (C=O) groups excluding carboxylic acids is 1. The predicted molar refractivity (Wildman–Crippen MR) is 117 cm³/mol. The Labute approximate surface area is 178 Å². The molecule has 0 aliphatic rings. The molecule has 0 saturated heterocycles. The van der Waals surface area contributed by atoms with Crippen LogP contribution < -0.4 is 10.1 Å². The summed E-state index contributed by atoms with van der Waals surface area (Å²) in [6.45, 7) is 4.65. The molecule has 2 aromatic carbocycles. The van der Waals surface area contributed by atoms with Gasteiger partial charge in [-0.2, -0.15) is 0 Å². The van der Waals surface area contributed by atoms with Crippen LogP contribution in [0.2, 0.25) is 0 Å². The van der Waals surface area contributed by atoms with E-state index in [1.54, 1.807) is 13.3 Å². The van der Waals surface area contributed by atoms with Gasteiger partial charge in [-0.15, -0.1) is 0 Å². The van der Waals surface area contributed by atoms with Gasteiger partial charge in [0.2, 0.25) is 0 Å². The molecule has 1 aromatic heterocycles. The number of nitrogens with one attached hydrogen (secondary N) is 1. The van der Waals surface area contributed by atoms with Crippen molar-refractivity contribution in [1.29, 1.82) is 0 Å². The normalized spacial score (nSPS) is 11.7. The molecule has 1 atom stereocenters. The maximum atomic E-state index is 12.9. The van der Waals surface area contributed by atoms with Crippen LogP contribution in [0.5, 0.6) is 5.75 Å². The fraction of sp³-hybridized carbons (Fsp3) is 0.280. The fourth-order valence-corrected chi connectivity index (χ4v) is 3.39. The number of hydrogen-bond acceptors (Lipinski definition) is 5. The SMILES string of the molecule is COc1c(C)cnc(CN[C@H](Cc2ccccc2)C(=O)OCc2ccccc2)c1C. The van der Waals surface area contributed by atoms with E-state index >= 15 is 0 Å². The summed E-state index contributed by atoms with van der Waals surface area (Å²) in [5.41, 5.74) is 4.84. The molecule has 0 fully saturated rings. The molecule has 1 N–H and O–H groups in total. The summed E-state index contributed by atoms with van der Waals surface area (Å²) >= 11 is 0. The highest BCUT2D eigenvalue weighted by Crippen LogP contribution is 2.24. The summed E-state index contributed by atoms with van der Waals surface area (Å²) < 4.78 is 11.1. The number of esters is 1. The van der Waals surface area contributed by atoms with Gasteiger partial charge in [-0.05, 0) is 31.4 Å². The Balaban J connectivity index is 1.71. The van der Waals surface area contributed by atoms with E-state index in [1.807, 2.05) is 74.5 Å². The average molecular weight is 405 g/mol. The Morgan fingerprint density at radius 1 is 1.00 bits per heavy atom. The van der Waals surface area contributed by atoms with E-state index < -0.39 is 6.04 Å². The van der Waals surface area contributed by atoms with Gasteiger partial charge in [0.25, 0.3) is 0 Å². The number of benzene rings is 2. The highest BCUT2D eigenvalue weighted by molar-refractivity contribution is 5.76. The van der Waals surface area contributed by atoms with E-state index in [1.165, 1.54) is 0 Å². The number of hydrogen-bond donors (Lipinski definition) is 1. The van der Waals surface area contributed by atoms with E-state index in [4.69, 9.17) is 9.47 Å². The first kappa shape index (κ1) is 21.5. The fourth-order valence-electron chi connectivity index (χ4n) is 3.39. The largest absolute Gasteiger partial charge is 0.496 e. The number of methoxy groups -OCH3 is 1. The molecule has 0 aliphatic heterocycles. The van der Waals surface area contributed by atoms with Crippen molar-refractivity contribution < 1.29 is 14.3 Å². The zero-order valence-electron chi connectivity index (χ0n) is 17.7. The van der Waals surface area contributed by atoms with Crippen molar-refractivity contribution in [3.05, 3.63) is 94.8 Å². The number of aryl methyl sites for hydroxylation is 1. The van der Waals surface area contributed by atoms with Crippen LogP contribution in [0.25, 0.3) is 0 Å². The second-order valence-corrected chi connectivity index (χ2v) is 7.26. The maximum Gasteiger partial charge on any atom is 0.323 e. The molecule has 0 bridgehead atoms. The Morgan fingerprint density at radius 3 is 2.27 bits per heavy atom. The van der Waals surface area contributed by atoms with Crippen molar-refractivity contribution in [2.75, 3.05) is 7.11 Å². The monoisotopic (exact) mass is 404 g/mol. The van der Waals surface area contributed by atoms with E-state index in [9.17, 15) is 4.79 Å². The zero-order chi connectivity index (χ0) is 21.3. The van der Waals surface area contributed by atoms with Crippen molar-refractivity contribution >= 4 is 5.97 Å². The molecule has 5 heteroatoms. The summed E-state index contributed by atoms with van der Waals surface area (Å²) in [6, 6.07) is 19.1. The summed E-state index contributed by atoms with van der Waals surface area (Å²) in [7, 11) is 1.66. The van der Waals surface area contributed by atoms with Crippen molar-refractivity contribution in [1.82, 2.24) is 10.3 Å². The van der Waals surface area contributed by atoms with Crippen LogP contribution in [-0.4, -0.2) is 24.1 Å². The summed E-state index contributed by atoms with van der Waals surface area (Å²) in [5, 5.41) is 3.34. The Morgan fingerprint density at radius 2 is 1.63 bits per heavy atom. The zero-order valence-corrected chi connectivity index (χ0v) is 17.7. The van der Waals surface area contributed by atoms with Crippen molar-refractivity contribution in [3.63, 3.8) is 0 Å². The molecule has 3 aromatic rings. The number of aromatic nitrogens is 1. The van der Waals surface area contributed by atoms with Gasteiger partial charge in [-0.1, -0.05) is 60.7 Å². The van der Waals surface area contributed by atoms with E-state index in [-0.39, 0.29) is 12.6 Å². The molecule has 5 nitrogen and oxygen atoms in total. The van der Waals surface area contributed by atoms with Gasteiger partial charge in [0.15, 0.2) is 0 Å². The van der Waals surface area contributed by atoms with E-state index in [0.717, 1.165) is 33.7 Å². The molecule has 0 saturated carbocycles. The number of rotatable bonds is 9. The third-order valence-corrected chi connectivity index (χ3v) is 5.06. The van der Waals surface area contributed by atoms with Gasteiger partial charge in [-0.25, -0.2) is 0 Å². The lowest BCUT2D eigenvalue weighted by Crippen LogP contribution is -2.39. The van der Waals surface area contributed by atoms with Crippen LogP contribution in [-0.2, 0) is 29.1 Å². The summed E-state index contributed by atoms with van der Waals surface area (Å²) in [4.78, 5) is 17.4. The van der Waals surface area contributed by atoms with Gasteiger partial charge in [0, 0.05) is 23.9 Å². The van der Waals surface area contributed by atoms with E-state index in [2.05, 4.69) is 10.3 Å². The molecular formula is C25H28N2O3. The second-order valence-electron chi connectivity index (χ2n) is 7.26. The number of nitrogens with zero attached hydrogens (tertiary/aromatic N) is 1. The number of carbonyl (C=O) groups is 1. The van der Waals surface area contributed by atoms with Gasteiger partial charge >= 0.3 is 5.97 Å². The molecule has 3 rings (SSSR count). The Kier molecular flexibility index (Phi) is 7.57. The summed E-state index contributed by atoms with van der Waals surface area (Å²) in [6.07, 6.45) is 2.33. The molecule has 30 heavy (non-hydrogen) atoms. The molecule has 0 radical (unpaired) electrons. The van der Waals surface area contributed by atoms with Gasteiger partial charge in [-0.3, -0.25) is 15.1 Å². The lowest BCUT2D eigenvalue weighted by molar-refractivity contribution is -0.147. The Bertz CT molecular complexity index is 959. The highest BCUT2D eigenvalue weighted by atomic mass is 16.5. The molecular weight excluding hydrogens is 376 g/mol. The first-order chi connectivity index (χ1) is 14.6. The minimum Gasteiger partial charge on any atom is -0.496 e. The standard InChI is InChI=1S/C25H28N2O3/c1-18-15-26-23(19(2)24(18)29-3)16-27-22(14-20-10-6-4-7-11-20)25(28)30-17-21-12-8-5-9-13-21/h4-13,15,22,27H,14,16-17H2,1-3H3/t22-/m1/s1. The molecule has 0 aliphatic carbocycles. The van der Waals surface area contributed by atoms with Gasteiger partial charge in [0.05, 0.1) is 12.8 Å².